The second-order valence-corrected chi connectivity index (χ2v) is 2.94. The number of carbonyl (C=O) groups is 1. The Morgan fingerprint density at radius 3 is 2.64 bits per heavy atom. The highest BCUT2D eigenvalue weighted by atomic mass is 79.9. The first-order chi connectivity index (χ1) is 5.16. The van der Waals surface area contributed by atoms with Crippen molar-refractivity contribution in [3.63, 3.8) is 0 Å². The molecule has 3 heteroatoms. The number of halogens is 1. The molecule has 0 atom stereocenters. The minimum atomic E-state index is -0.211. The first-order valence-corrected chi connectivity index (χ1v) is 4.64. The Labute approximate surface area is 75.7 Å². The van der Waals surface area contributed by atoms with Crippen LogP contribution in [0.15, 0.2) is 11.6 Å². The van der Waals surface area contributed by atoms with Crippen molar-refractivity contribution in [2.45, 2.75) is 20.3 Å². The van der Waals surface area contributed by atoms with Gasteiger partial charge in [-0.2, -0.15) is 0 Å². The summed E-state index contributed by atoms with van der Waals surface area (Å²) in [5, 5.41) is 0.860. The van der Waals surface area contributed by atoms with Gasteiger partial charge in [0.25, 0.3) is 0 Å². The zero-order chi connectivity index (χ0) is 8.69. The first-order valence-electron chi connectivity index (χ1n) is 3.51. The molecule has 11 heavy (non-hydrogen) atoms. The normalized spacial score (nSPS) is 11.4. The quantitative estimate of drug-likeness (QED) is 0.413. The molecule has 2 nitrogen and oxygen atoms in total. The number of hydrogen-bond donors (Lipinski definition) is 0. The van der Waals surface area contributed by atoms with Crippen LogP contribution in [0.5, 0.6) is 0 Å². The molecule has 64 valence electrons. The number of allylic oxidation sites excluding steroid dienone is 1. The Balaban J connectivity index is 3.38. The van der Waals surface area contributed by atoms with Gasteiger partial charge in [-0.1, -0.05) is 27.6 Å². The SMILES string of the molecule is CC(=O)OCC/C(C)=C/CBr. The lowest BCUT2D eigenvalue weighted by atomic mass is 10.2. The van der Waals surface area contributed by atoms with Gasteiger partial charge in [-0.25, -0.2) is 0 Å². The van der Waals surface area contributed by atoms with Crippen LogP contribution in [0.4, 0.5) is 0 Å². The summed E-state index contributed by atoms with van der Waals surface area (Å²) in [6.45, 7) is 3.93. The summed E-state index contributed by atoms with van der Waals surface area (Å²) in [7, 11) is 0. The summed E-state index contributed by atoms with van der Waals surface area (Å²) >= 11 is 3.29. The lowest BCUT2D eigenvalue weighted by Gasteiger charge is -2.00. The van der Waals surface area contributed by atoms with Crippen LogP contribution < -0.4 is 0 Å². The van der Waals surface area contributed by atoms with E-state index in [1.807, 2.05) is 6.92 Å². The predicted molar refractivity (Wildman–Crippen MR) is 48.8 cm³/mol. The summed E-state index contributed by atoms with van der Waals surface area (Å²) in [6.07, 6.45) is 2.88. The van der Waals surface area contributed by atoms with Crippen LogP contribution in [0.3, 0.4) is 0 Å². The minimum absolute atomic E-state index is 0.211. The molecule has 0 heterocycles. The van der Waals surface area contributed by atoms with Gasteiger partial charge in [-0.3, -0.25) is 4.79 Å². The van der Waals surface area contributed by atoms with Crippen LogP contribution >= 0.6 is 15.9 Å². The number of ether oxygens (including phenoxy) is 1. The van der Waals surface area contributed by atoms with Crippen LogP contribution in [0.25, 0.3) is 0 Å². The molecule has 0 unspecified atom stereocenters. The topological polar surface area (TPSA) is 26.3 Å². The number of hydrogen-bond acceptors (Lipinski definition) is 2. The van der Waals surface area contributed by atoms with Crippen molar-refractivity contribution in [2.75, 3.05) is 11.9 Å². The molecule has 0 saturated heterocycles. The molecule has 0 aromatic rings. The molecule has 0 bridgehead atoms. The zero-order valence-electron chi connectivity index (χ0n) is 6.89. The van der Waals surface area contributed by atoms with Gasteiger partial charge in [0.15, 0.2) is 0 Å². The smallest absolute Gasteiger partial charge is 0.302 e. The zero-order valence-corrected chi connectivity index (χ0v) is 8.48. The van der Waals surface area contributed by atoms with Crippen LogP contribution in [0, 0.1) is 0 Å². The lowest BCUT2D eigenvalue weighted by Crippen LogP contribution is -2.00. The fourth-order valence-corrected chi connectivity index (χ4v) is 1.14. The van der Waals surface area contributed by atoms with Crippen molar-refractivity contribution in [3.05, 3.63) is 11.6 Å². The molecule has 0 aromatic heterocycles. The van der Waals surface area contributed by atoms with E-state index in [2.05, 4.69) is 22.0 Å². The van der Waals surface area contributed by atoms with Gasteiger partial charge in [0.2, 0.25) is 0 Å². The summed E-state index contributed by atoms with van der Waals surface area (Å²) in [6, 6.07) is 0. The molecule has 0 aliphatic carbocycles. The molecule has 0 rings (SSSR count). The van der Waals surface area contributed by atoms with E-state index in [1.54, 1.807) is 0 Å². The van der Waals surface area contributed by atoms with Crippen molar-refractivity contribution < 1.29 is 9.53 Å². The second-order valence-electron chi connectivity index (χ2n) is 2.29. The van der Waals surface area contributed by atoms with Crippen molar-refractivity contribution in [1.82, 2.24) is 0 Å². The Hall–Kier alpha value is -0.310. The van der Waals surface area contributed by atoms with Crippen molar-refractivity contribution >= 4 is 21.9 Å². The number of carbonyl (C=O) groups excluding carboxylic acids is 1. The van der Waals surface area contributed by atoms with E-state index in [-0.39, 0.29) is 5.97 Å². The molecule has 0 aliphatic heterocycles. The van der Waals surface area contributed by atoms with Crippen molar-refractivity contribution in [3.8, 4) is 0 Å². The Morgan fingerprint density at radius 2 is 2.18 bits per heavy atom. The van der Waals surface area contributed by atoms with Gasteiger partial charge >= 0.3 is 5.97 Å². The molecule has 0 saturated carbocycles. The van der Waals surface area contributed by atoms with Gasteiger partial charge in [0, 0.05) is 18.7 Å². The molecule has 0 radical (unpaired) electrons. The largest absolute Gasteiger partial charge is 0.466 e. The van der Waals surface area contributed by atoms with Gasteiger partial charge in [-0.05, 0) is 6.92 Å². The van der Waals surface area contributed by atoms with E-state index in [1.165, 1.54) is 12.5 Å². The van der Waals surface area contributed by atoms with E-state index in [0.29, 0.717) is 6.61 Å². The van der Waals surface area contributed by atoms with Crippen LogP contribution in [-0.4, -0.2) is 17.9 Å². The fraction of sp³-hybridized carbons (Fsp3) is 0.625. The van der Waals surface area contributed by atoms with Gasteiger partial charge in [-0.15, -0.1) is 0 Å². The molecule has 0 aromatic carbocycles. The highest BCUT2D eigenvalue weighted by Gasteiger charge is 1.92. The highest BCUT2D eigenvalue weighted by molar-refractivity contribution is 9.09. The second kappa shape index (κ2) is 6.40. The molecular formula is C8H13BrO2. The lowest BCUT2D eigenvalue weighted by molar-refractivity contribution is -0.140. The fourth-order valence-electron chi connectivity index (χ4n) is 0.590. The summed E-state index contributed by atoms with van der Waals surface area (Å²) < 4.78 is 4.76. The third-order valence-electron chi connectivity index (χ3n) is 1.23. The van der Waals surface area contributed by atoms with E-state index in [4.69, 9.17) is 4.74 Å². The maximum Gasteiger partial charge on any atom is 0.302 e. The first kappa shape index (κ1) is 10.7. The summed E-state index contributed by atoms with van der Waals surface area (Å²) in [5.41, 5.74) is 1.24. The number of rotatable bonds is 4. The molecule has 0 spiro atoms. The van der Waals surface area contributed by atoms with E-state index in [0.717, 1.165) is 11.8 Å². The monoisotopic (exact) mass is 220 g/mol. The van der Waals surface area contributed by atoms with Gasteiger partial charge in [0.05, 0.1) is 6.61 Å². The Morgan fingerprint density at radius 1 is 1.55 bits per heavy atom. The van der Waals surface area contributed by atoms with E-state index < -0.39 is 0 Å². The molecule has 0 N–H and O–H groups in total. The third kappa shape index (κ3) is 7.59. The van der Waals surface area contributed by atoms with E-state index >= 15 is 0 Å². The third-order valence-corrected chi connectivity index (χ3v) is 1.55. The number of esters is 1. The minimum Gasteiger partial charge on any atom is -0.466 e. The van der Waals surface area contributed by atoms with Gasteiger partial charge < -0.3 is 4.74 Å². The van der Waals surface area contributed by atoms with E-state index in [9.17, 15) is 4.79 Å². The average Bonchev–Trinajstić information content (AvgIpc) is 1.87. The molecule has 0 fully saturated rings. The maximum absolute atomic E-state index is 10.3. The molecule has 0 amide bonds. The number of alkyl halides is 1. The van der Waals surface area contributed by atoms with Crippen LogP contribution in [0.1, 0.15) is 20.3 Å². The summed E-state index contributed by atoms with van der Waals surface area (Å²) in [5.74, 6) is -0.211. The van der Waals surface area contributed by atoms with Crippen LogP contribution in [-0.2, 0) is 9.53 Å². The maximum atomic E-state index is 10.3. The molecular weight excluding hydrogens is 208 g/mol. The summed E-state index contributed by atoms with van der Waals surface area (Å²) in [4.78, 5) is 10.3. The van der Waals surface area contributed by atoms with Gasteiger partial charge in [0.1, 0.15) is 0 Å². The van der Waals surface area contributed by atoms with Crippen molar-refractivity contribution in [2.24, 2.45) is 0 Å². The average molecular weight is 221 g/mol. The predicted octanol–water partition coefficient (Wildman–Crippen LogP) is 2.28. The Bertz CT molecular complexity index is 152. The molecule has 0 aliphatic rings. The standard InChI is InChI=1S/C8H13BrO2/c1-7(3-5-9)4-6-11-8(2)10/h3H,4-6H2,1-2H3/b7-3+. The highest BCUT2D eigenvalue weighted by Crippen LogP contribution is 2.00. The van der Waals surface area contributed by atoms with Crippen molar-refractivity contribution in [1.29, 1.82) is 0 Å². The Kier molecular flexibility index (Phi) is 6.22. The van der Waals surface area contributed by atoms with Crippen LogP contribution in [0.2, 0.25) is 0 Å².